The van der Waals surface area contributed by atoms with Crippen LogP contribution in [-0.4, -0.2) is 32.6 Å². The van der Waals surface area contributed by atoms with Gasteiger partial charge in [-0.05, 0) is 23.9 Å². The van der Waals surface area contributed by atoms with Crippen LogP contribution in [-0.2, 0) is 6.42 Å². The lowest BCUT2D eigenvalue weighted by Gasteiger charge is -2.20. The van der Waals surface area contributed by atoms with E-state index < -0.39 is 6.04 Å². The second-order valence-corrected chi connectivity index (χ2v) is 5.27. The number of carbonyl (C=O) groups is 1. The number of amides is 1. The smallest absolute Gasteiger partial charge is 0.265 e. The first kappa shape index (κ1) is 15.4. The molecule has 1 aromatic heterocycles. The van der Waals surface area contributed by atoms with Crippen molar-refractivity contribution < 1.29 is 10.0 Å². The summed E-state index contributed by atoms with van der Waals surface area (Å²) in [4.78, 5) is 12.6. The molecule has 1 rings (SSSR count). The molecule has 0 aliphatic carbocycles. The van der Waals surface area contributed by atoms with E-state index in [0.29, 0.717) is 17.0 Å². The molecule has 8 heteroatoms. The normalized spacial score (nSPS) is 13.6. The van der Waals surface area contributed by atoms with E-state index in [1.54, 1.807) is 0 Å². The van der Waals surface area contributed by atoms with E-state index >= 15 is 0 Å². The fourth-order valence-corrected chi connectivity index (χ4v) is 2.24. The summed E-state index contributed by atoms with van der Waals surface area (Å²) in [6, 6.07) is -0.519. The van der Waals surface area contributed by atoms with Gasteiger partial charge in [-0.3, -0.25) is 4.79 Å². The average Bonchev–Trinajstić information content (AvgIpc) is 2.83. The molecule has 0 aromatic carbocycles. The van der Waals surface area contributed by atoms with E-state index in [9.17, 15) is 4.79 Å². The molecule has 7 nitrogen and oxygen atoms in total. The average molecular weight is 285 g/mol. The molecule has 1 amide bonds. The van der Waals surface area contributed by atoms with E-state index in [4.69, 9.17) is 10.9 Å². The number of carbonyl (C=O) groups excluding carboxylic acids is 1. The Morgan fingerprint density at radius 2 is 2.26 bits per heavy atom. The highest BCUT2D eigenvalue weighted by atomic mass is 32.1. The standard InChI is InChI=1S/C11H19N5O2S/c1-4-5-7-9(19-16-14-7)11(17)13-8(6(2)3)10(12)15-18/h6,8,18H,4-5H2,1-3H3,(H2,12,15)(H,13,17). The molecule has 4 N–H and O–H groups in total. The number of amidine groups is 1. The summed E-state index contributed by atoms with van der Waals surface area (Å²) in [6.45, 7) is 5.76. The zero-order valence-corrected chi connectivity index (χ0v) is 12.1. The first-order chi connectivity index (χ1) is 9.01. The SMILES string of the molecule is CCCc1nnsc1C(=O)NC(C(N)=NO)C(C)C. The van der Waals surface area contributed by atoms with E-state index in [1.807, 2.05) is 20.8 Å². The maximum absolute atomic E-state index is 12.2. The molecule has 0 aliphatic rings. The molecule has 106 valence electrons. The van der Waals surface area contributed by atoms with Gasteiger partial charge in [0.05, 0.1) is 11.7 Å². The molecule has 1 aromatic rings. The Hall–Kier alpha value is -1.70. The summed E-state index contributed by atoms with van der Waals surface area (Å²) in [6.07, 6.45) is 1.59. The molecule has 0 saturated heterocycles. The fraction of sp³-hybridized carbons (Fsp3) is 0.636. The molecular formula is C11H19N5O2S. The summed E-state index contributed by atoms with van der Waals surface area (Å²) >= 11 is 1.05. The predicted octanol–water partition coefficient (Wildman–Crippen LogP) is 0.991. The van der Waals surface area contributed by atoms with Gasteiger partial charge in [0.1, 0.15) is 4.88 Å². The van der Waals surface area contributed by atoms with Gasteiger partial charge in [-0.2, -0.15) is 0 Å². The van der Waals surface area contributed by atoms with Gasteiger partial charge in [0.2, 0.25) is 0 Å². The molecule has 0 spiro atoms. The Labute approximate surface area is 116 Å². The van der Waals surface area contributed by atoms with Crippen LogP contribution in [0.3, 0.4) is 0 Å². The molecular weight excluding hydrogens is 266 g/mol. The van der Waals surface area contributed by atoms with Gasteiger partial charge in [0, 0.05) is 0 Å². The van der Waals surface area contributed by atoms with Crippen molar-refractivity contribution in [2.75, 3.05) is 0 Å². The molecule has 0 aliphatic heterocycles. The van der Waals surface area contributed by atoms with Crippen molar-refractivity contribution in [3.63, 3.8) is 0 Å². The number of oxime groups is 1. The minimum atomic E-state index is -0.519. The predicted molar refractivity (Wildman–Crippen MR) is 73.4 cm³/mol. The van der Waals surface area contributed by atoms with Crippen molar-refractivity contribution in [2.24, 2.45) is 16.8 Å². The van der Waals surface area contributed by atoms with Crippen molar-refractivity contribution in [1.82, 2.24) is 14.9 Å². The summed E-state index contributed by atoms with van der Waals surface area (Å²) in [5.74, 6) is -0.294. The minimum absolute atomic E-state index is 0.00959. The minimum Gasteiger partial charge on any atom is -0.409 e. The number of rotatable bonds is 6. The molecule has 0 fully saturated rings. The molecule has 0 bridgehead atoms. The number of nitrogens with zero attached hydrogens (tertiary/aromatic N) is 3. The van der Waals surface area contributed by atoms with Gasteiger partial charge in [-0.1, -0.05) is 36.8 Å². The summed E-state index contributed by atoms with van der Waals surface area (Å²) in [5.41, 5.74) is 6.26. The zero-order chi connectivity index (χ0) is 14.4. The zero-order valence-electron chi connectivity index (χ0n) is 11.3. The first-order valence-electron chi connectivity index (χ1n) is 6.10. The second-order valence-electron chi connectivity index (χ2n) is 4.52. The maximum atomic E-state index is 12.2. The van der Waals surface area contributed by atoms with Crippen molar-refractivity contribution in [3.05, 3.63) is 10.6 Å². The largest absolute Gasteiger partial charge is 0.409 e. The molecule has 19 heavy (non-hydrogen) atoms. The Morgan fingerprint density at radius 1 is 1.58 bits per heavy atom. The molecule has 0 radical (unpaired) electrons. The summed E-state index contributed by atoms with van der Waals surface area (Å²) in [7, 11) is 0. The number of nitrogens with two attached hydrogens (primary N) is 1. The Bertz CT molecular complexity index is 458. The van der Waals surface area contributed by atoms with Crippen LogP contribution >= 0.6 is 11.5 Å². The number of aromatic nitrogens is 2. The van der Waals surface area contributed by atoms with Crippen LogP contribution < -0.4 is 11.1 Å². The molecule has 1 atom stereocenters. The van der Waals surface area contributed by atoms with Crippen LogP contribution in [0.1, 0.15) is 42.6 Å². The lowest BCUT2D eigenvalue weighted by molar-refractivity contribution is 0.0941. The molecule has 1 unspecified atom stereocenters. The summed E-state index contributed by atoms with van der Waals surface area (Å²) in [5, 5.41) is 18.4. The number of hydrogen-bond donors (Lipinski definition) is 3. The van der Waals surface area contributed by atoms with Gasteiger partial charge in [-0.15, -0.1) is 5.10 Å². The Morgan fingerprint density at radius 3 is 2.79 bits per heavy atom. The topological polar surface area (TPSA) is 113 Å². The van der Waals surface area contributed by atoms with E-state index in [-0.39, 0.29) is 17.7 Å². The van der Waals surface area contributed by atoms with Gasteiger partial charge >= 0.3 is 0 Å². The van der Waals surface area contributed by atoms with Crippen LogP contribution in [0.4, 0.5) is 0 Å². The van der Waals surface area contributed by atoms with Gasteiger partial charge in [0.25, 0.3) is 5.91 Å². The highest BCUT2D eigenvalue weighted by molar-refractivity contribution is 7.08. The van der Waals surface area contributed by atoms with Crippen molar-refractivity contribution >= 4 is 23.3 Å². The highest BCUT2D eigenvalue weighted by Gasteiger charge is 2.24. The fourth-order valence-electron chi connectivity index (χ4n) is 1.63. The third-order valence-corrected chi connectivity index (χ3v) is 3.40. The van der Waals surface area contributed by atoms with Gasteiger partial charge in [-0.25, -0.2) is 0 Å². The Kier molecular flexibility index (Phi) is 5.68. The number of hydrogen-bond acceptors (Lipinski definition) is 6. The quantitative estimate of drug-likeness (QED) is 0.312. The Balaban J connectivity index is 2.85. The van der Waals surface area contributed by atoms with Gasteiger partial charge in [0.15, 0.2) is 5.84 Å². The van der Waals surface area contributed by atoms with Crippen LogP contribution in [0.2, 0.25) is 0 Å². The second kappa shape index (κ2) is 7.03. The first-order valence-corrected chi connectivity index (χ1v) is 6.88. The number of nitrogens with one attached hydrogen (secondary N) is 1. The lowest BCUT2D eigenvalue weighted by Crippen LogP contribution is -2.47. The summed E-state index contributed by atoms with van der Waals surface area (Å²) < 4.78 is 3.80. The maximum Gasteiger partial charge on any atom is 0.265 e. The number of aryl methyl sites for hydroxylation is 1. The van der Waals surface area contributed by atoms with Crippen LogP contribution in [0.5, 0.6) is 0 Å². The molecule has 1 heterocycles. The molecule has 0 saturated carbocycles. The van der Waals surface area contributed by atoms with Gasteiger partial charge < -0.3 is 16.3 Å². The van der Waals surface area contributed by atoms with Crippen LogP contribution in [0, 0.1) is 5.92 Å². The van der Waals surface area contributed by atoms with Crippen molar-refractivity contribution in [3.8, 4) is 0 Å². The van der Waals surface area contributed by atoms with E-state index in [1.165, 1.54) is 0 Å². The third-order valence-electron chi connectivity index (χ3n) is 2.64. The third kappa shape index (κ3) is 3.88. The monoisotopic (exact) mass is 285 g/mol. The van der Waals surface area contributed by atoms with E-state index in [2.05, 4.69) is 20.1 Å². The van der Waals surface area contributed by atoms with E-state index in [0.717, 1.165) is 18.0 Å². The highest BCUT2D eigenvalue weighted by Crippen LogP contribution is 2.13. The van der Waals surface area contributed by atoms with Crippen LogP contribution in [0.25, 0.3) is 0 Å². The lowest BCUT2D eigenvalue weighted by atomic mass is 10.0. The van der Waals surface area contributed by atoms with Crippen molar-refractivity contribution in [1.29, 1.82) is 0 Å². The van der Waals surface area contributed by atoms with Crippen molar-refractivity contribution in [2.45, 2.75) is 39.7 Å². The van der Waals surface area contributed by atoms with Crippen LogP contribution in [0.15, 0.2) is 5.16 Å².